The molecule has 0 unspecified atom stereocenters. The lowest BCUT2D eigenvalue weighted by atomic mass is 9.66. The van der Waals surface area contributed by atoms with Crippen molar-refractivity contribution in [3.05, 3.63) is 41.0 Å². The van der Waals surface area contributed by atoms with Crippen LogP contribution in [0.2, 0.25) is 18.1 Å². The van der Waals surface area contributed by atoms with Crippen molar-refractivity contribution in [1.82, 2.24) is 0 Å². The highest BCUT2D eigenvalue weighted by Gasteiger charge is 2.55. The van der Waals surface area contributed by atoms with Crippen LogP contribution >= 0.6 is 0 Å². The van der Waals surface area contributed by atoms with Crippen LogP contribution in [0.1, 0.15) is 49.5 Å². The van der Waals surface area contributed by atoms with Gasteiger partial charge in [0.15, 0.2) is 31.3 Å². The first kappa shape index (κ1) is 25.7. The summed E-state index contributed by atoms with van der Waals surface area (Å²) in [4.78, 5) is 13.4. The Morgan fingerprint density at radius 1 is 0.865 bits per heavy atom. The number of ether oxygens (including phenoxy) is 6. The summed E-state index contributed by atoms with van der Waals surface area (Å²) in [6.07, 6.45) is -0.305. The molecular formula is C28H36O8Si. The molecule has 2 aromatic rings. The summed E-state index contributed by atoms with van der Waals surface area (Å²) in [6.45, 7) is 11.6. The fraction of sp³-hybridized carbons (Fsp3) is 0.536. The molecule has 0 spiro atoms. The summed E-state index contributed by atoms with van der Waals surface area (Å²) < 4.78 is 41.1. The van der Waals surface area contributed by atoms with E-state index in [2.05, 4.69) is 33.9 Å². The molecule has 0 bridgehead atoms. The number of hydrogen-bond donors (Lipinski definition) is 0. The Hall–Kier alpha value is -2.91. The first-order valence-corrected chi connectivity index (χ1v) is 15.5. The molecule has 0 radical (unpaired) electrons. The Morgan fingerprint density at radius 2 is 1.46 bits per heavy atom. The predicted octanol–water partition coefficient (Wildman–Crippen LogP) is 5.44. The fourth-order valence-corrected chi connectivity index (χ4v) is 6.73. The summed E-state index contributed by atoms with van der Waals surface area (Å²) in [6, 6.07) is 7.85. The number of carbonyl (C=O) groups is 1. The molecule has 3 aliphatic rings. The summed E-state index contributed by atoms with van der Waals surface area (Å²) >= 11 is 0. The number of rotatable bonds is 6. The summed E-state index contributed by atoms with van der Waals surface area (Å²) in [5.74, 6) is 1.77. The summed E-state index contributed by atoms with van der Waals surface area (Å²) in [7, 11) is 2.54. The van der Waals surface area contributed by atoms with Gasteiger partial charge in [0.05, 0.1) is 40.0 Å². The molecule has 1 fully saturated rings. The Morgan fingerprint density at radius 3 is 2.00 bits per heavy atom. The first-order valence-electron chi connectivity index (χ1n) is 12.6. The van der Waals surface area contributed by atoms with Crippen LogP contribution in [0.5, 0.6) is 28.7 Å². The number of carbonyl (C=O) groups excluding carboxylic acids is 1. The average molecular weight is 529 g/mol. The Kier molecular flexibility index (Phi) is 6.35. The van der Waals surface area contributed by atoms with E-state index in [1.165, 1.54) is 0 Å². The van der Waals surface area contributed by atoms with Gasteiger partial charge < -0.3 is 32.8 Å². The molecule has 4 atom stereocenters. The molecule has 0 saturated carbocycles. The molecule has 2 aliphatic heterocycles. The smallest absolute Gasteiger partial charge is 0.310 e. The lowest BCUT2D eigenvalue weighted by Gasteiger charge is -2.45. The van der Waals surface area contributed by atoms with Crippen molar-refractivity contribution in [2.45, 2.75) is 50.9 Å². The highest BCUT2D eigenvalue weighted by atomic mass is 28.4. The van der Waals surface area contributed by atoms with Gasteiger partial charge in [0, 0.05) is 11.8 Å². The van der Waals surface area contributed by atoms with E-state index >= 15 is 0 Å². The van der Waals surface area contributed by atoms with E-state index in [-0.39, 0.29) is 35.7 Å². The Balaban J connectivity index is 1.73. The van der Waals surface area contributed by atoms with Crippen molar-refractivity contribution in [2.24, 2.45) is 11.8 Å². The molecule has 5 rings (SSSR count). The zero-order valence-electron chi connectivity index (χ0n) is 22.8. The zero-order chi connectivity index (χ0) is 26.7. The SMILES string of the molecule is COc1cc([C@@H]2c3cc4c(cc3[C@H](O[Si](C)(C)C(C)(C)C)[C@H]3COC(=O)[C@@H]23)OCO4)cc(OC)c1OC. The lowest BCUT2D eigenvalue weighted by molar-refractivity contribution is -0.141. The maximum atomic E-state index is 13.4. The van der Waals surface area contributed by atoms with E-state index in [1.807, 2.05) is 24.3 Å². The van der Waals surface area contributed by atoms with Crippen molar-refractivity contribution in [2.75, 3.05) is 34.7 Å². The molecule has 0 N–H and O–H groups in total. The number of benzene rings is 2. The van der Waals surface area contributed by atoms with E-state index in [4.69, 9.17) is 32.8 Å². The molecule has 0 aromatic heterocycles. The number of esters is 1. The fourth-order valence-electron chi connectivity index (χ4n) is 5.44. The zero-order valence-corrected chi connectivity index (χ0v) is 23.8. The second-order valence-electron chi connectivity index (χ2n) is 11.4. The third-order valence-electron chi connectivity index (χ3n) is 8.39. The maximum absolute atomic E-state index is 13.4. The van der Waals surface area contributed by atoms with Crippen LogP contribution in [0.25, 0.3) is 0 Å². The largest absolute Gasteiger partial charge is 0.493 e. The first-order chi connectivity index (χ1) is 17.5. The molecule has 2 heterocycles. The highest BCUT2D eigenvalue weighted by molar-refractivity contribution is 6.74. The van der Waals surface area contributed by atoms with E-state index < -0.39 is 14.2 Å². The van der Waals surface area contributed by atoms with Crippen LogP contribution < -0.4 is 23.7 Å². The van der Waals surface area contributed by atoms with Crippen LogP contribution in [-0.4, -0.2) is 49.0 Å². The van der Waals surface area contributed by atoms with Gasteiger partial charge in [-0.15, -0.1) is 0 Å². The summed E-state index contributed by atoms with van der Waals surface area (Å²) in [5.41, 5.74) is 2.84. The second kappa shape index (κ2) is 9.13. The summed E-state index contributed by atoms with van der Waals surface area (Å²) in [5, 5.41) is -0.00393. The monoisotopic (exact) mass is 528 g/mol. The molecule has 2 aromatic carbocycles. The van der Waals surface area contributed by atoms with Gasteiger partial charge in [-0.1, -0.05) is 20.8 Å². The number of hydrogen-bond acceptors (Lipinski definition) is 8. The van der Waals surface area contributed by atoms with Crippen molar-refractivity contribution in [3.8, 4) is 28.7 Å². The van der Waals surface area contributed by atoms with E-state index in [1.54, 1.807) is 21.3 Å². The van der Waals surface area contributed by atoms with Gasteiger partial charge >= 0.3 is 5.97 Å². The normalized spacial score (nSPS) is 24.3. The minimum Gasteiger partial charge on any atom is -0.493 e. The predicted molar refractivity (Wildman–Crippen MR) is 139 cm³/mol. The van der Waals surface area contributed by atoms with Crippen LogP contribution in [0, 0.1) is 11.8 Å². The minimum atomic E-state index is -2.21. The molecule has 1 aliphatic carbocycles. The van der Waals surface area contributed by atoms with Crippen LogP contribution in [-0.2, 0) is 14.0 Å². The van der Waals surface area contributed by atoms with Crippen molar-refractivity contribution in [3.63, 3.8) is 0 Å². The van der Waals surface area contributed by atoms with Gasteiger partial charge in [0.1, 0.15) is 0 Å². The topological polar surface area (TPSA) is 81.7 Å². The molecule has 9 heteroatoms. The lowest BCUT2D eigenvalue weighted by Crippen LogP contribution is -2.46. The van der Waals surface area contributed by atoms with Crippen molar-refractivity contribution in [1.29, 1.82) is 0 Å². The Bertz CT molecular complexity index is 1190. The third kappa shape index (κ3) is 4.12. The number of methoxy groups -OCH3 is 3. The molecule has 1 saturated heterocycles. The highest BCUT2D eigenvalue weighted by Crippen LogP contribution is 2.57. The van der Waals surface area contributed by atoms with Crippen LogP contribution in [0.15, 0.2) is 24.3 Å². The second-order valence-corrected chi connectivity index (χ2v) is 16.1. The van der Waals surface area contributed by atoms with E-state index in [9.17, 15) is 4.79 Å². The van der Waals surface area contributed by atoms with Gasteiger partial charge in [-0.2, -0.15) is 0 Å². The van der Waals surface area contributed by atoms with Gasteiger partial charge in [0.25, 0.3) is 0 Å². The van der Waals surface area contributed by atoms with Crippen LogP contribution in [0.3, 0.4) is 0 Å². The molecule has 200 valence electrons. The van der Waals surface area contributed by atoms with Gasteiger partial charge in [-0.25, -0.2) is 0 Å². The molecule has 0 amide bonds. The van der Waals surface area contributed by atoms with Crippen molar-refractivity contribution >= 4 is 14.3 Å². The third-order valence-corrected chi connectivity index (χ3v) is 12.8. The standard InChI is InChI=1S/C28H36O8Si/c1-28(2,3)37(7,8)36-25-17-12-20-19(34-14-35-20)11-16(17)23(24-18(25)13-33-27(24)29)15-9-21(30-4)26(32-6)22(10-15)31-5/h9-12,18,23-25H,13-14H2,1-8H3/t18-,23+,24+,25-/m0/s1. The van der Waals surface area contributed by atoms with Crippen molar-refractivity contribution < 1.29 is 37.6 Å². The number of cyclic esters (lactones) is 1. The van der Waals surface area contributed by atoms with E-state index in [0.717, 1.165) is 16.7 Å². The maximum Gasteiger partial charge on any atom is 0.310 e. The van der Waals surface area contributed by atoms with Gasteiger partial charge in [-0.05, 0) is 59.1 Å². The van der Waals surface area contributed by atoms with Gasteiger partial charge in [-0.3, -0.25) is 4.79 Å². The molecule has 37 heavy (non-hydrogen) atoms. The Labute approximate surface area is 219 Å². The average Bonchev–Trinajstić information content (AvgIpc) is 3.47. The molecular weight excluding hydrogens is 492 g/mol. The molecule has 8 nitrogen and oxygen atoms in total. The van der Waals surface area contributed by atoms with Gasteiger partial charge in [0.2, 0.25) is 12.5 Å². The minimum absolute atomic E-state index is 0.00393. The van der Waals surface area contributed by atoms with Crippen LogP contribution in [0.4, 0.5) is 0 Å². The van der Waals surface area contributed by atoms with E-state index in [0.29, 0.717) is 35.4 Å². The quantitative estimate of drug-likeness (QED) is 0.362. The number of fused-ring (bicyclic) bond motifs is 3.